The lowest BCUT2D eigenvalue weighted by molar-refractivity contribution is 0.0701. The van der Waals surface area contributed by atoms with Crippen molar-refractivity contribution >= 4 is 27.3 Å². The van der Waals surface area contributed by atoms with Gasteiger partial charge in [-0.05, 0) is 36.8 Å². The van der Waals surface area contributed by atoms with E-state index in [9.17, 15) is 13.2 Å². The summed E-state index contributed by atoms with van der Waals surface area (Å²) < 4.78 is 27.6. The number of hydrogen-bond donors (Lipinski definition) is 2. The molecule has 1 aliphatic carbocycles. The molecule has 1 heterocycles. The van der Waals surface area contributed by atoms with E-state index in [0.717, 1.165) is 30.6 Å². The van der Waals surface area contributed by atoms with Gasteiger partial charge in [-0.3, -0.25) is 0 Å². The van der Waals surface area contributed by atoms with Gasteiger partial charge in [-0.1, -0.05) is 20.3 Å². The Morgan fingerprint density at radius 1 is 1.50 bits per heavy atom. The van der Waals surface area contributed by atoms with Gasteiger partial charge in [-0.2, -0.15) is 0 Å². The van der Waals surface area contributed by atoms with E-state index in [4.69, 9.17) is 5.11 Å². The van der Waals surface area contributed by atoms with Crippen LogP contribution in [-0.2, 0) is 10.0 Å². The number of hydrogen-bond acceptors (Lipinski definition) is 4. The minimum absolute atomic E-state index is 0.0605. The van der Waals surface area contributed by atoms with Gasteiger partial charge in [0.15, 0.2) is 0 Å². The fourth-order valence-electron chi connectivity index (χ4n) is 2.59. The SMILES string of the molecule is Cc1cc(S(=O)(=O)NC2CCCC2(C)C)sc1C(=O)O. The van der Waals surface area contributed by atoms with Crippen LogP contribution in [0.25, 0.3) is 0 Å². The van der Waals surface area contributed by atoms with Crippen LogP contribution in [0.4, 0.5) is 0 Å². The summed E-state index contributed by atoms with van der Waals surface area (Å²) in [6.45, 7) is 5.71. The molecule has 0 bridgehead atoms. The number of carbonyl (C=O) groups is 1. The molecule has 1 aromatic heterocycles. The Morgan fingerprint density at radius 2 is 2.15 bits per heavy atom. The van der Waals surface area contributed by atoms with Crippen molar-refractivity contribution in [2.24, 2.45) is 5.41 Å². The molecule has 0 saturated heterocycles. The number of nitrogens with one attached hydrogen (secondary N) is 1. The van der Waals surface area contributed by atoms with Gasteiger partial charge in [0, 0.05) is 6.04 Å². The quantitative estimate of drug-likeness (QED) is 0.894. The number of aromatic carboxylic acids is 1. The molecule has 0 radical (unpaired) electrons. The Balaban J connectivity index is 2.27. The molecule has 2 rings (SSSR count). The van der Waals surface area contributed by atoms with E-state index in [-0.39, 0.29) is 20.5 Å². The van der Waals surface area contributed by atoms with Crippen LogP contribution in [0.5, 0.6) is 0 Å². The van der Waals surface area contributed by atoms with E-state index in [1.807, 2.05) is 0 Å². The Bertz CT molecular complexity index is 631. The highest BCUT2D eigenvalue weighted by Crippen LogP contribution is 2.38. The summed E-state index contributed by atoms with van der Waals surface area (Å²) in [6, 6.07) is 1.33. The lowest BCUT2D eigenvalue weighted by Crippen LogP contribution is -2.41. The third-order valence-electron chi connectivity index (χ3n) is 3.91. The number of rotatable bonds is 4. The molecule has 1 unspecified atom stereocenters. The maximum absolute atomic E-state index is 12.4. The van der Waals surface area contributed by atoms with Crippen molar-refractivity contribution in [3.8, 4) is 0 Å². The normalized spacial score (nSPS) is 22.1. The number of thiophene rings is 1. The molecule has 0 spiro atoms. The van der Waals surface area contributed by atoms with Gasteiger partial charge in [0.05, 0.1) is 0 Å². The molecule has 1 atom stereocenters. The van der Waals surface area contributed by atoms with E-state index in [1.54, 1.807) is 6.92 Å². The Kier molecular flexibility index (Phi) is 3.96. The van der Waals surface area contributed by atoms with Gasteiger partial charge in [0.25, 0.3) is 0 Å². The fraction of sp³-hybridized carbons (Fsp3) is 0.615. The molecule has 7 heteroatoms. The molecule has 0 aliphatic heterocycles. The van der Waals surface area contributed by atoms with Crippen LogP contribution < -0.4 is 4.72 Å². The van der Waals surface area contributed by atoms with Crippen molar-refractivity contribution in [2.45, 2.75) is 50.3 Å². The number of carboxylic acid groups (broad SMARTS) is 1. The fourth-order valence-corrected chi connectivity index (χ4v) is 5.43. The molecule has 1 saturated carbocycles. The molecule has 1 fully saturated rings. The highest BCUT2D eigenvalue weighted by atomic mass is 32.2. The largest absolute Gasteiger partial charge is 0.477 e. The average molecular weight is 317 g/mol. The van der Waals surface area contributed by atoms with Crippen molar-refractivity contribution < 1.29 is 18.3 Å². The maximum atomic E-state index is 12.4. The molecular weight excluding hydrogens is 298 g/mol. The van der Waals surface area contributed by atoms with Crippen molar-refractivity contribution in [2.75, 3.05) is 0 Å². The van der Waals surface area contributed by atoms with E-state index in [2.05, 4.69) is 18.6 Å². The predicted molar refractivity (Wildman–Crippen MR) is 77.8 cm³/mol. The van der Waals surface area contributed by atoms with Crippen LogP contribution in [0.1, 0.15) is 48.3 Å². The highest BCUT2D eigenvalue weighted by Gasteiger charge is 2.37. The van der Waals surface area contributed by atoms with Crippen LogP contribution in [0, 0.1) is 12.3 Å². The smallest absolute Gasteiger partial charge is 0.346 e. The van der Waals surface area contributed by atoms with Crippen LogP contribution >= 0.6 is 11.3 Å². The van der Waals surface area contributed by atoms with Gasteiger partial charge in [0.1, 0.15) is 9.09 Å². The topological polar surface area (TPSA) is 83.5 Å². The second-order valence-electron chi connectivity index (χ2n) is 5.94. The van der Waals surface area contributed by atoms with E-state index >= 15 is 0 Å². The van der Waals surface area contributed by atoms with E-state index in [1.165, 1.54) is 6.07 Å². The zero-order valence-corrected chi connectivity index (χ0v) is 13.4. The van der Waals surface area contributed by atoms with Crippen LogP contribution in [0.15, 0.2) is 10.3 Å². The zero-order chi connectivity index (χ0) is 15.1. The second kappa shape index (κ2) is 5.13. The summed E-state index contributed by atoms with van der Waals surface area (Å²) in [7, 11) is -3.64. The van der Waals surface area contributed by atoms with Crippen molar-refractivity contribution in [3.05, 3.63) is 16.5 Å². The summed E-state index contributed by atoms with van der Waals surface area (Å²) in [4.78, 5) is 11.1. The van der Waals surface area contributed by atoms with Crippen LogP contribution in [-0.4, -0.2) is 25.5 Å². The molecule has 1 aromatic rings. The van der Waals surface area contributed by atoms with Crippen LogP contribution in [0.2, 0.25) is 0 Å². The second-order valence-corrected chi connectivity index (χ2v) is 8.93. The Labute approximate surface area is 123 Å². The van der Waals surface area contributed by atoms with Gasteiger partial charge in [-0.15, -0.1) is 11.3 Å². The highest BCUT2D eigenvalue weighted by molar-refractivity contribution is 7.91. The van der Waals surface area contributed by atoms with Gasteiger partial charge in [-0.25, -0.2) is 17.9 Å². The lowest BCUT2D eigenvalue weighted by atomic mass is 9.88. The zero-order valence-electron chi connectivity index (χ0n) is 11.8. The Morgan fingerprint density at radius 3 is 2.60 bits per heavy atom. The molecule has 0 amide bonds. The summed E-state index contributed by atoms with van der Waals surface area (Å²) in [6.07, 6.45) is 2.82. The summed E-state index contributed by atoms with van der Waals surface area (Å²) >= 11 is 0.808. The van der Waals surface area contributed by atoms with Crippen molar-refractivity contribution in [3.63, 3.8) is 0 Å². The number of carboxylic acids is 1. The number of sulfonamides is 1. The first-order valence-corrected chi connectivity index (χ1v) is 8.79. The first-order valence-electron chi connectivity index (χ1n) is 6.49. The monoisotopic (exact) mass is 317 g/mol. The molecular formula is C13H19NO4S2. The molecule has 2 N–H and O–H groups in total. The van der Waals surface area contributed by atoms with Crippen molar-refractivity contribution in [1.82, 2.24) is 4.72 Å². The first kappa shape index (κ1) is 15.5. The standard InChI is InChI=1S/C13H19NO4S2/c1-8-7-10(19-11(8)12(15)16)20(17,18)14-9-5-4-6-13(9,2)3/h7,9,14H,4-6H2,1-3H3,(H,15,16). The molecule has 0 aromatic carbocycles. The molecule has 112 valence electrons. The summed E-state index contributed by atoms with van der Waals surface area (Å²) in [5, 5.41) is 9.01. The van der Waals surface area contributed by atoms with Crippen LogP contribution in [0.3, 0.4) is 0 Å². The average Bonchev–Trinajstić information content (AvgIpc) is 2.83. The van der Waals surface area contributed by atoms with Gasteiger partial charge >= 0.3 is 5.97 Å². The maximum Gasteiger partial charge on any atom is 0.346 e. The van der Waals surface area contributed by atoms with Gasteiger partial charge < -0.3 is 5.11 Å². The van der Waals surface area contributed by atoms with Gasteiger partial charge in [0.2, 0.25) is 10.0 Å². The number of aryl methyl sites for hydroxylation is 1. The third kappa shape index (κ3) is 2.89. The minimum atomic E-state index is -3.64. The lowest BCUT2D eigenvalue weighted by Gasteiger charge is -2.27. The predicted octanol–water partition coefficient (Wildman–Crippen LogP) is 2.61. The summed E-state index contributed by atoms with van der Waals surface area (Å²) in [5.41, 5.74) is 0.420. The van der Waals surface area contributed by atoms with E-state index < -0.39 is 16.0 Å². The van der Waals surface area contributed by atoms with Crippen molar-refractivity contribution in [1.29, 1.82) is 0 Å². The third-order valence-corrected chi connectivity index (χ3v) is 7.08. The molecule has 1 aliphatic rings. The van der Waals surface area contributed by atoms with E-state index in [0.29, 0.717) is 5.56 Å². The summed E-state index contributed by atoms with van der Waals surface area (Å²) in [5.74, 6) is -1.09. The molecule has 20 heavy (non-hydrogen) atoms. The molecule has 5 nitrogen and oxygen atoms in total. The minimum Gasteiger partial charge on any atom is -0.477 e. The Hall–Kier alpha value is -0.920. The first-order chi connectivity index (χ1) is 9.13.